The summed E-state index contributed by atoms with van der Waals surface area (Å²) in [6.45, 7) is 3.82. The number of pyridine rings is 1. The van der Waals surface area contributed by atoms with Crippen LogP contribution in [0.5, 0.6) is 5.75 Å². The summed E-state index contributed by atoms with van der Waals surface area (Å²) in [6.07, 6.45) is 0.806. The number of nitrogen functional groups attached to an aromatic ring is 1. The maximum Gasteiger partial charge on any atom is 0.573 e. The molecular formula is C20H22F3N5O2. The number of piperidine rings is 1. The molecule has 0 spiro atoms. The zero-order chi connectivity index (χ0) is 20.6. The van der Waals surface area contributed by atoms with Crippen LogP contribution in [0.1, 0.15) is 30.6 Å². The van der Waals surface area contributed by atoms with Crippen LogP contribution < -0.4 is 10.5 Å². The Bertz CT molecular complexity index is 973. The molecular weight excluding hydrogens is 399 g/mol. The number of aromatic nitrogens is 3. The topological polar surface area (TPSA) is 78.4 Å². The predicted molar refractivity (Wildman–Crippen MR) is 101 cm³/mol. The summed E-state index contributed by atoms with van der Waals surface area (Å²) in [5, 5.41) is 0. The van der Waals surface area contributed by atoms with E-state index in [-0.39, 0.29) is 5.82 Å². The molecule has 4 heterocycles. The summed E-state index contributed by atoms with van der Waals surface area (Å²) in [4.78, 5) is 11.2. The molecule has 6 rings (SSSR count). The summed E-state index contributed by atoms with van der Waals surface area (Å²) >= 11 is 0. The number of rotatable bonds is 5. The summed E-state index contributed by atoms with van der Waals surface area (Å²) < 4.78 is 49.6. The molecule has 2 aliphatic carbocycles. The number of anilines is 1. The van der Waals surface area contributed by atoms with Gasteiger partial charge in [-0.15, -0.1) is 13.2 Å². The Kier molecular flexibility index (Phi) is 3.89. The zero-order valence-corrected chi connectivity index (χ0v) is 16.2. The van der Waals surface area contributed by atoms with Gasteiger partial charge < -0.3 is 19.8 Å². The highest BCUT2D eigenvalue weighted by molar-refractivity contribution is 5.64. The first-order chi connectivity index (χ1) is 14.4. The van der Waals surface area contributed by atoms with Gasteiger partial charge in [0.05, 0.1) is 24.9 Å². The Morgan fingerprint density at radius 3 is 2.50 bits per heavy atom. The van der Waals surface area contributed by atoms with Gasteiger partial charge in [0.2, 0.25) is 0 Å². The number of imidazole rings is 1. The van der Waals surface area contributed by atoms with Crippen LogP contribution in [-0.2, 0) is 4.74 Å². The summed E-state index contributed by atoms with van der Waals surface area (Å²) in [5.41, 5.74) is 6.66. The van der Waals surface area contributed by atoms with Crippen molar-refractivity contribution in [2.75, 3.05) is 32.0 Å². The quantitative estimate of drug-likeness (QED) is 0.800. The van der Waals surface area contributed by atoms with Gasteiger partial charge in [0, 0.05) is 43.0 Å². The molecule has 2 aromatic heterocycles. The molecule has 10 heteroatoms. The van der Waals surface area contributed by atoms with Crippen LogP contribution in [0.25, 0.3) is 11.3 Å². The molecule has 2 saturated carbocycles. The van der Waals surface area contributed by atoms with E-state index in [1.54, 1.807) is 0 Å². The molecule has 3 atom stereocenters. The van der Waals surface area contributed by atoms with E-state index in [0.29, 0.717) is 41.1 Å². The molecule has 2 aromatic rings. The number of likely N-dealkylation sites (tertiary alicyclic amines) is 1. The first-order valence-electron chi connectivity index (χ1n) is 10.3. The van der Waals surface area contributed by atoms with E-state index in [9.17, 15) is 13.2 Å². The van der Waals surface area contributed by atoms with E-state index >= 15 is 0 Å². The Balaban J connectivity index is 1.27. The van der Waals surface area contributed by atoms with Gasteiger partial charge in [-0.3, -0.25) is 4.90 Å². The van der Waals surface area contributed by atoms with Crippen molar-refractivity contribution in [1.82, 2.24) is 19.4 Å². The second-order valence-corrected chi connectivity index (χ2v) is 8.78. The molecule has 2 saturated heterocycles. The van der Waals surface area contributed by atoms with Crippen molar-refractivity contribution in [2.24, 2.45) is 11.8 Å². The van der Waals surface area contributed by atoms with Crippen molar-refractivity contribution in [2.45, 2.75) is 37.2 Å². The van der Waals surface area contributed by atoms with Gasteiger partial charge in [0.1, 0.15) is 5.82 Å². The number of halogens is 3. The zero-order valence-electron chi connectivity index (χ0n) is 16.2. The van der Waals surface area contributed by atoms with E-state index < -0.39 is 12.1 Å². The van der Waals surface area contributed by atoms with Gasteiger partial charge in [-0.2, -0.15) is 0 Å². The standard InChI is InChI=1S/C20H22F3N5O2/c21-20(22,23)30-16-3-11(4-25-18(16)24)15-7-28(19(26-15)10-1-2-10)17-13-5-27(6-14(13)17)12-8-29-9-12/h3-4,7,10,12-14,17H,1-2,5-6,8-9H2,(H2,24,25)/t13-,14+,17?. The van der Waals surface area contributed by atoms with E-state index in [1.807, 2.05) is 6.20 Å². The molecule has 0 bridgehead atoms. The summed E-state index contributed by atoms with van der Waals surface area (Å²) in [5.74, 6) is 1.90. The second kappa shape index (κ2) is 6.34. The van der Waals surface area contributed by atoms with Crippen LogP contribution in [0.3, 0.4) is 0 Å². The van der Waals surface area contributed by atoms with Crippen molar-refractivity contribution in [3.8, 4) is 17.0 Å². The largest absolute Gasteiger partial charge is 0.573 e. The minimum Gasteiger partial charge on any atom is -0.402 e. The monoisotopic (exact) mass is 421 g/mol. The third kappa shape index (κ3) is 3.13. The van der Waals surface area contributed by atoms with Gasteiger partial charge in [0.25, 0.3) is 0 Å². The smallest absolute Gasteiger partial charge is 0.402 e. The number of alkyl halides is 3. The SMILES string of the molecule is Nc1ncc(-c2cn(C3[C@H]4CN(C5COC5)C[C@@H]34)c(C3CC3)n2)cc1OC(F)(F)F. The lowest BCUT2D eigenvalue weighted by atomic mass is 10.2. The number of ether oxygens (including phenoxy) is 2. The molecule has 0 radical (unpaired) electrons. The highest BCUT2D eigenvalue weighted by Crippen LogP contribution is 2.58. The van der Waals surface area contributed by atoms with E-state index in [1.165, 1.54) is 12.3 Å². The Morgan fingerprint density at radius 2 is 1.90 bits per heavy atom. The molecule has 2 aliphatic heterocycles. The fraction of sp³-hybridized carbons (Fsp3) is 0.600. The van der Waals surface area contributed by atoms with Crippen LogP contribution in [0, 0.1) is 11.8 Å². The minimum atomic E-state index is -4.82. The molecule has 0 aromatic carbocycles. The normalized spacial score (nSPS) is 29.0. The lowest BCUT2D eigenvalue weighted by molar-refractivity contribution is -0.274. The number of nitrogens with two attached hydrogens (primary N) is 1. The number of hydrogen-bond acceptors (Lipinski definition) is 6. The Morgan fingerprint density at radius 1 is 1.17 bits per heavy atom. The summed E-state index contributed by atoms with van der Waals surface area (Å²) in [7, 11) is 0. The van der Waals surface area contributed by atoms with E-state index in [2.05, 4.69) is 19.2 Å². The highest BCUT2D eigenvalue weighted by atomic mass is 19.4. The van der Waals surface area contributed by atoms with Crippen LogP contribution in [0.2, 0.25) is 0 Å². The lowest BCUT2D eigenvalue weighted by Crippen LogP contribution is -2.49. The third-order valence-electron chi connectivity index (χ3n) is 6.74. The van der Waals surface area contributed by atoms with Crippen LogP contribution >= 0.6 is 0 Å². The summed E-state index contributed by atoms with van der Waals surface area (Å²) in [6, 6.07) is 2.25. The maximum absolute atomic E-state index is 12.7. The van der Waals surface area contributed by atoms with Crippen LogP contribution in [0.15, 0.2) is 18.5 Å². The molecule has 30 heavy (non-hydrogen) atoms. The molecule has 2 N–H and O–H groups in total. The van der Waals surface area contributed by atoms with Crippen molar-refractivity contribution in [3.05, 3.63) is 24.3 Å². The molecule has 4 fully saturated rings. The fourth-order valence-electron chi connectivity index (χ4n) is 4.90. The molecule has 7 nitrogen and oxygen atoms in total. The van der Waals surface area contributed by atoms with Crippen LogP contribution in [0.4, 0.5) is 19.0 Å². The molecule has 0 amide bonds. The highest BCUT2D eigenvalue weighted by Gasteiger charge is 2.59. The van der Waals surface area contributed by atoms with Crippen molar-refractivity contribution < 1.29 is 22.6 Å². The number of nitrogens with zero attached hydrogens (tertiary/aromatic N) is 4. The van der Waals surface area contributed by atoms with E-state index in [0.717, 1.165) is 45.0 Å². The lowest BCUT2D eigenvalue weighted by Gasteiger charge is -2.36. The number of hydrogen-bond donors (Lipinski definition) is 1. The van der Waals surface area contributed by atoms with Crippen molar-refractivity contribution in [1.29, 1.82) is 0 Å². The second-order valence-electron chi connectivity index (χ2n) is 8.78. The third-order valence-corrected chi connectivity index (χ3v) is 6.74. The van der Waals surface area contributed by atoms with E-state index in [4.69, 9.17) is 15.5 Å². The average Bonchev–Trinajstić information content (AvgIpc) is 3.50. The minimum absolute atomic E-state index is 0.297. The van der Waals surface area contributed by atoms with Crippen molar-refractivity contribution in [3.63, 3.8) is 0 Å². The van der Waals surface area contributed by atoms with Crippen LogP contribution in [-0.4, -0.2) is 58.1 Å². The number of fused-ring (bicyclic) bond motifs is 1. The Labute approximate surface area is 171 Å². The van der Waals surface area contributed by atoms with Gasteiger partial charge >= 0.3 is 6.36 Å². The maximum atomic E-state index is 12.7. The molecule has 1 unspecified atom stereocenters. The molecule has 4 aliphatic rings. The average molecular weight is 421 g/mol. The predicted octanol–water partition coefficient (Wildman–Crippen LogP) is 2.80. The van der Waals surface area contributed by atoms with Gasteiger partial charge in [-0.25, -0.2) is 9.97 Å². The fourth-order valence-corrected chi connectivity index (χ4v) is 4.90. The first-order valence-corrected chi connectivity index (χ1v) is 10.3. The Hall–Kier alpha value is -2.33. The van der Waals surface area contributed by atoms with Gasteiger partial charge in [-0.05, 0) is 30.7 Å². The van der Waals surface area contributed by atoms with Gasteiger partial charge in [0.15, 0.2) is 11.6 Å². The first kappa shape index (κ1) is 18.4. The van der Waals surface area contributed by atoms with Crippen molar-refractivity contribution >= 4 is 5.82 Å². The van der Waals surface area contributed by atoms with Gasteiger partial charge in [-0.1, -0.05) is 0 Å². The molecule has 160 valence electrons.